The van der Waals surface area contributed by atoms with E-state index < -0.39 is 0 Å². The zero-order valence-electron chi connectivity index (χ0n) is 7.32. The molecule has 0 spiro atoms. The fourth-order valence-electron chi connectivity index (χ4n) is 0.628. The lowest BCUT2D eigenvalue weighted by molar-refractivity contribution is -0.135. The third-order valence-corrected chi connectivity index (χ3v) is 1.35. The van der Waals surface area contributed by atoms with Crippen LogP contribution >= 0.6 is 0 Å². The summed E-state index contributed by atoms with van der Waals surface area (Å²) in [6, 6.07) is 0. The maximum atomic E-state index is 11.1. The monoisotopic (exact) mass is 176 g/mol. The summed E-state index contributed by atoms with van der Waals surface area (Å²) in [6.45, 7) is 1.15. The maximum Gasteiger partial charge on any atom is 0.248 e. The molecule has 0 fully saturated rings. The van der Waals surface area contributed by atoms with Gasteiger partial charge in [0.25, 0.3) is 0 Å². The van der Waals surface area contributed by atoms with Crippen LogP contribution < -0.4 is 5.73 Å². The lowest BCUT2D eigenvalue weighted by Crippen LogP contribution is -2.33. The van der Waals surface area contributed by atoms with Gasteiger partial charge in [-0.1, -0.05) is 0 Å². The molecule has 5 nitrogen and oxygen atoms in total. The van der Waals surface area contributed by atoms with Gasteiger partial charge in [-0.05, 0) is 0 Å². The third-order valence-electron chi connectivity index (χ3n) is 1.35. The molecule has 0 radical (unpaired) electrons. The Morgan fingerprint density at radius 2 is 2.33 bits per heavy atom. The quantitative estimate of drug-likeness (QED) is 0.478. The van der Waals surface area contributed by atoms with Crippen molar-refractivity contribution in [1.82, 2.24) is 4.90 Å². The van der Waals surface area contributed by atoms with Crippen molar-refractivity contribution < 1.29 is 14.6 Å². The van der Waals surface area contributed by atoms with E-state index in [2.05, 4.69) is 0 Å². The molecule has 0 aromatic rings. The minimum absolute atomic E-state index is 0.0286. The van der Waals surface area contributed by atoms with Gasteiger partial charge in [0.15, 0.2) is 0 Å². The summed E-state index contributed by atoms with van der Waals surface area (Å²) in [6.07, 6.45) is 0. The average molecular weight is 176 g/mol. The van der Waals surface area contributed by atoms with Crippen molar-refractivity contribution in [3.63, 3.8) is 0 Å². The maximum absolute atomic E-state index is 11.1. The second-order valence-corrected chi connectivity index (χ2v) is 2.38. The summed E-state index contributed by atoms with van der Waals surface area (Å²) in [5, 5.41) is 8.50. The summed E-state index contributed by atoms with van der Waals surface area (Å²) < 4.78 is 4.91. The van der Waals surface area contributed by atoms with Gasteiger partial charge in [-0.15, -0.1) is 0 Å². The summed E-state index contributed by atoms with van der Waals surface area (Å²) in [5.41, 5.74) is 5.16. The minimum atomic E-state index is -0.141. The van der Waals surface area contributed by atoms with E-state index in [1.54, 1.807) is 7.05 Å². The van der Waals surface area contributed by atoms with Crippen molar-refractivity contribution in [3.8, 4) is 0 Å². The van der Waals surface area contributed by atoms with Gasteiger partial charge in [0.05, 0.1) is 13.2 Å². The Morgan fingerprint density at radius 3 is 2.83 bits per heavy atom. The van der Waals surface area contributed by atoms with Gasteiger partial charge in [0, 0.05) is 20.1 Å². The molecule has 3 N–H and O–H groups in total. The number of rotatable bonds is 6. The van der Waals surface area contributed by atoms with E-state index in [0.29, 0.717) is 19.7 Å². The molecule has 5 heteroatoms. The van der Waals surface area contributed by atoms with Crippen LogP contribution in [0.2, 0.25) is 0 Å². The first-order chi connectivity index (χ1) is 5.72. The van der Waals surface area contributed by atoms with Crippen LogP contribution in [0.5, 0.6) is 0 Å². The predicted octanol–water partition coefficient (Wildman–Crippen LogP) is -1.59. The van der Waals surface area contributed by atoms with E-state index in [0.717, 1.165) is 0 Å². The normalized spacial score (nSPS) is 9.92. The molecular formula is C7H16N2O3. The van der Waals surface area contributed by atoms with Gasteiger partial charge in [-0.25, -0.2) is 0 Å². The topological polar surface area (TPSA) is 75.8 Å². The zero-order valence-corrected chi connectivity index (χ0v) is 7.32. The van der Waals surface area contributed by atoms with E-state index in [1.807, 2.05) is 0 Å². The Kier molecular flexibility index (Phi) is 6.64. The first-order valence-corrected chi connectivity index (χ1v) is 3.85. The second kappa shape index (κ2) is 7.02. The molecular weight excluding hydrogens is 160 g/mol. The van der Waals surface area contributed by atoms with Crippen molar-refractivity contribution in [2.75, 3.05) is 40.0 Å². The van der Waals surface area contributed by atoms with E-state index in [4.69, 9.17) is 15.6 Å². The third kappa shape index (κ3) is 5.06. The number of carbonyl (C=O) groups is 1. The number of carbonyl (C=O) groups excluding carboxylic acids is 1. The van der Waals surface area contributed by atoms with Crippen molar-refractivity contribution in [3.05, 3.63) is 0 Å². The summed E-state index contributed by atoms with van der Waals surface area (Å²) >= 11 is 0. The van der Waals surface area contributed by atoms with Crippen LogP contribution in [0.25, 0.3) is 0 Å². The van der Waals surface area contributed by atoms with E-state index in [-0.39, 0.29) is 19.1 Å². The lowest BCUT2D eigenvalue weighted by Gasteiger charge is -2.15. The molecule has 0 aromatic carbocycles. The summed E-state index contributed by atoms with van der Waals surface area (Å²) in [5.74, 6) is -0.141. The highest BCUT2D eigenvalue weighted by molar-refractivity contribution is 5.77. The Labute approximate surface area is 72.1 Å². The number of hydrogen-bond acceptors (Lipinski definition) is 4. The molecule has 0 bridgehead atoms. The molecule has 1 amide bonds. The van der Waals surface area contributed by atoms with Gasteiger partial charge < -0.3 is 20.5 Å². The Hall–Kier alpha value is -0.650. The van der Waals surface area contributed by atoms with E-state index in [1.165, 1.54) is 4.90 Å². The highest BCUT2D eigenvalue weighted by Crippen LogP contribution is 1.84. The number of aliphatic hydroxyl groups is 1. The van der Waals surface area contributed by atoms with Crippen molar-refractivity contribution >= 4 is 5.91 Å². The number of nitrogens with zero attached hydrogens (tertiary/aromatic N) is 1. The van der Waals surface area contributed by atoms with Crippen molar-refractivity contribution in [1.29, 1.82) is 0 Å². The number of likely N-dealkylation sites (N-methyl/N-ethyl adjacent to an activating group) is 1. The second-order valence-electron chi connectivity index (χ2n) is 2.38. The standard InChI is InChI=1S/C7H16N2O3/c1-9(3-4-10)7(11)6-12-5-2-8/h10H,2-6,8H2,1H3. The minimum Gasteiger partial charge on any atom is -0.395 e. The van der Waals surface area contributed by atoms with Crippen LogP contribution in [0.4, 0.5) is 0 Å². The Bertz CT molecular complexity index is 130. The molecule has 0 unspecified atom stereocenters. The summed E-state index contributed by atoms with van der Waals surface area (Å²) in [7, 11) is 1.62. The lowest BCUT2D eigenvalue weighted by atomic mass is 10.5. The fourth-order valence-corrected chi connectivity index (χ4v) is 0.628. The SMILES string of the molecule is CN(CCO)C(=O)COCCN. The van der Waals surface area contributed by atoms with Crippen LogP contribution in [0.15, 0.2) is 0 Å². The van der Waals surface area contributed by atoms with Crippen molar-refractivity contribution in [2.45, 2.75) is 0 Å². The Balaban J connectivity index is 3.43. The van der Waals surface area contributed by atoms with Gasteiger partial charge in [-0.2, -0.15) is 0 Å². The predicted molar refractivity (Wildman–Crippen MR) is 44.6 cm³/mol. The van der Waals surface area contributed by atoms with Gasteiger partial charge in [-0.3, -0.25) is 4.79 Å². The number of aliphatic hydroxyl groups excluding tert-OH is 1. The van der Waals surface area contributed by atoms with Gasteiger partial charge in [0.2, 0.25) is 5.91 Å². The largest absolute Gasteiger partial charge is 0.395 e. The molecule has 0 heterocycles. The number of nitrogens with two attached hydrogens (primary N) is 1. The molecule has 0 saturated heterocycles. The molecule has 0 aromatic heterocycles. The number of amides is 1. The van der Waals surface area contributed by atoms with Gasteiger partial charge in [0.1, 0.15) is 6.61 Å². The van der Waals surface area contributed by atoms with Crippen LogP contribution in [-0.4, -0.2) is 55.9 Å². The zero-order chi connectivity index (χ0) is 9.40. The Morgan fingerprint density at radius 1 is 1.67 bits per heavy atom. The molecule has 0 aliphatic rings. The molecule has 72 valence electrons. The van der Waals surface area contributed by atoms with Crippen LogP contribution in [0.1, 0.15) is 0 Å². The molecule has 12 heavy (non-hydrogen) atoms. The number of ether oxygens (including phenoxy) is 1. The molecule has 0 saturated carbocycles. The van der Waals surface area contributed by atoms with Crippen molar-refractivity contribution in [2.24, 2.45) is 5.73 Å². The highest BCUT2D eigenvalue weighted by Gasteiger charge is 2.06. The van der Waals surface area contributed by atoms with E-state index in [9.17, 15) is 4.79 Å². The fraction of sp³-hybridized carbons (Fsp3) is 0.857. The average Bonchev–Trinajstić information content (AvgIpc) is 2.05. The van der Waals surface area contributed by atoms with Crippen LogP contribution in [0, 0.1) is 0 Å². The first-order valence-electron chi connectivity index (χ1n) is 3.85. The molecule has 0 aliphatic heterocycles. The molecule has 0 atom stereocenters. The number of hydrogen-bond donors (Lipinski definition) is 2. The highest BCUT2D eigenvalue weighted by atomic mass is 16.5. The van der Waals surface area contributed by atoms with Crippen LogP contribution in [-0.2, 0) is 9.53 Å². The van der Waals surface area contributed by atoms with Crippen LogP contribution in [0.3, 0.4) is 0 Å². The molecule has 0 aliphatic carbocycles. The molecule has 0 rings (SSSR count). The first kappa shape index (κ1) is 11.4. The van der Waals surface area contributed by atoms with E-state index >= 15 is 0 Å². The smallest absolute Gasteiger partial charge is 0.248 e. The van der Waals surface area contributed by atoms with Gasteiger partial charge >= 0.3 is 0 Å². The summed E-state index contributed by atoms with van der Waals surface area (Å²) in [4.78, 5) is 12.5.